The van der Waals surface area contributed by atoms with Crippen molar-refractivity contribution in [2.75, 3.05) is 0 Å². The minimum atomic E-state index is 0.964. The first-order valence-electron chi connectivity index (χ1n) is 6.19. The van der Waals surface area contributed by atoms with Crippen LogP contribution in [-0.4, -0.2) is 15.0 Å². The van der Waals surface area contributed by atoms with Crippen molar-refractivity contribution < 1.29 is 0 Å². The minimum Gasteiger partial charge on any atom is -0.355 e. The molecule has 0 unspecified atom stereocenters. The average molecular weight is 245 g/mol. The van der Waals surface area contributed by atoms with E-state index in [1.807, 2.05) is 30.5 Å². The van der Waals surface area contributed by atoms with Gasteiger partial charge in [0.05, 0.1) is 5.52 Å². The van der Waals surface area contributed by atoms with Gasteiger partial charge < -0.3 is 4.98 Å². The Morgan fingerprint density at radius 2 is 1.89 bits per heavy atom. The fourth-order valence-corrected chi connectivity index (χ4v) is 2.46. The molecule has 2 heterocycles. The van der Waals surface area contributed by atoms with Crippen LogP contribution in [0.3, 0.4) is 0 Å². The predicted molar refractivity (Wildman–Crippen MR) is 76.8 cm³/mol. The number of H-pyrrole nitrogens is 1. The predicted octanol–water partition coefficient (Wildman–Crippen LogP) is 3.78. The van der Waals surface area contributed by atoms with E-state index >= 15 is 0 Å². The van der Waals surface area contributed by atoms with Crippen LogP contribution in [-0.2, 0) is 0 Å². The van der Waals surface area contributed by atoms with Crippen molar-refractivity contribution in [3.05, 3.63) is 61.1 Å². The van der Waals surface area contributed by atoms with Crippen LogP contribution in [0.15, 0.2) is 61.1 Å². The lowest BCUT2D eigenvalue weighted by Crippen LogP contribution is -1.85. The number of para-hydroxylation sites is 1. The van der Waals surface area contributed by atoms with Crippen molar-refractivity contribution in [3.63, 3.8) is 0 Å². The fourth-order valence-electron chi connectivity index (χ4n) is 2.46. The Labute approximate surface area is 110 Å². The monoisotopic (exact) mass is 245 g/mol. The van der Waals surface area contributed by atoms with E-state index in [-0.39, 0.29) is 0 Å². The lowest BCUT2D eigenvalue weighted by Gasteiger charge is -2.02. The lowest BCUT2D eigenvalue weighted by atomic mass is 10.1. The van der Waals surface area contributed by atoms with E-state index in [0.717, 1.165) is 27.7 Å². The number of rotatable bonds is 1. The van der Waals surface area contributed by atoms with Gasteiger partial charge in [-0.2, -0.15) is 0 Å². The van der Waals surface area contributed by atoms with Crippen molar-refractivity contribution >= 4 is 21.8 Å². The number of hydrogen-bond donors (Lipinski definition) is 1. The second kappa shape index (κ2) is 3.92. The van der Waals surface area contributed by atoms with Gasteiger partial charge in [-0.3, -0.25) is 0 Å². The summed E-state index contributed by atoms with van der Waals surface area (Å²) in [5, 5.41) is 2.28. The van der Waals surface area contributed by atoms with E-state index in [2.05, 4.69) is 39.2 Å². The molecule has 0 aliphatic heterocycles. The number of nitrogens with one attached hydrogen (secondary N) is 1. The van der Waals surface area contributed by atoms with Crippen molar-refractivity contribution in [1.82, 2.24) is 15.0 Å². The van der Waals surface area contributed by atoms with E-state index in [1.165, 1.54) is 5.39 Å². The van der Waals surface area contributed by atoms with Gasteiger partial charge in [0.15, 0.2) is 0 Å². The second-order valence-corrected chi connectivity index (χ2v) is 4.53. The van der Waals surface area contributed by atoms with Gasteiger partial charge in [-0.25, -0.2) is 9.97 Å². The molecule has 19 heavy (non-hydrogen) atoms. The number of nitrogens with zero attached hydrogens (tertiary/aromatic N) is 2. The summed E-state index contributed by atoms with van der Waals surface area (Å²) in [7, 11) is 0. The fraction of sp³-hybridized carbons (Fsp3) is 0. The Kier molecular flexibility index (Phi) is 2.12. The quantitative estimate of drug-likeness (QED) is 0.554. The van der Waals surface area contributed by atoms with Crippen LogP contribution in [0.4, 0.5) is 0 Å². The number of fused-ring (bicyclic) bond motifs is 2. The first-order valence-corrected chi connectivity index (χ1v) is 6.19. The first-order chi connectivity index (χ1) is 9.42. The number of benzene rings is 2. The maximum atomic E-state index is 4.30. The summed E-state index contributed by atoms with van der Waals surface area (Å²) >= 11 is 0. The van der Waals surface area contributed by atoms with Crippen LogP contribution in [0.5, 0.6) is 0 Å². The molecule has 0 saturated heterocycles. The molecule has 0 aliphatic rings. The van der Waals surface area contributed by atoms with Gasteiger partial charge in [-0.15, -0.1) is 0 Å². The maximum absolute atomic E-state index is 4.30. The summed E-state index contributed by atoms with van der Waals surface area (Å²) in [6.45, 7) is 0. The smallest absolute Gasteiger partial charge is 0.116 e. The Balaban J connectivity index is 2.03. The number of hydrogen-bond acceptors (Lipinski definition) is 2. The lowest BCUT2D eigenvalue weighted by molar-refractivity contribution is 1.22. The third kappa shape index (κ3) is 1.59. The van der Waals surface area contributed by atoms with E-state index in [0.29, 0.717) is 0 Å². The molecule has 0 saturated carbocycles. The highest BCUT2D eigenvalue weighted by atomic mass is 14.8. The number of aromatic nitrogens is 3. The zero-order chi connectivity index (χ0) is 12.7. The summed E-state index contributed by atoms with van der Waals surface area (Å²) in [5.74, 6) is 0. The third-order valence-corrected chi connectivity index (χ3v) is 3.37. The van der Waals surface area contributed by atoms with Crippen molar-refractivity contribution in [1.29, 1.82) is 0 Å². The molecule has 4 rings (SSSR count). The van der Waals surface area contributed by atoms with E-state index in [1.54, 1.807) is 6.33 Å². The van der Waals surface area contributed by atoms with E-state index < -0.39 is 0 Å². The standard InChI is InChI=1S/C16H11N3/c1-2-6-14-11(4-1)8-16(19-14)12-5-3-7-15-13(12)9-17-10-18-15/h1-10,19H. The average Bonchev–Trinajstić information content (AvgIpc) is 2.90. The van der Waals surface area contributed by atoms with Gasteiger partial charge in [-0.1, -0.05) is 30.3 Å². The summed E-state index contributed by atoms with van der Waals surface area (Å²) in [4.78, 5) is 11.9. The summed E-state index contributed by atoms with van der Waals surface area (Å²) in [6.07, 6.45) is 3.44. The summed E-state index contributed by atoms with van der Waals surface area (Å²) < 4.78 is 0. The highest BCUT2D eigenvalue weighted by Crippen LogP contribution is 2.29. The normalized spacial score (nSPS) is 11.2. The highest BCUT2D eigenvalue weighted by molar-refractivity contribution is 5.96. The van der Waals surface area contributed by atoms with Crippen LogP contribution in [0.2, 0.25) is 0 Å². The van der Waals surface area contributed by atoms with Crippen LogP contribution < -0.4 is 0 Å². The SMILES string of the molecule is c1ccc2[nH]c(-c3cccc4ncncc34)cc2c1. The molecule has 2 aromatic heterocycles. The summed E-state index contributed by atoms with van der Waals surface area (Å²) in [5.41, 5.74) is 4.34. The molecule has 90 valence electrons. The second-order valence-electron chi connectivity index (χ2n) is 4.53. The molecular weight excluding hydrogens is 234 g/mol. The van der Waals surface area contributed by atoms with Crippen LogP contribution in [0, 0.1) is 0 Å². The van der Waals surface area contributed by atoms with Gasteiger partial charge in [0.2, 0.25) is 0 Å². The third-order valence-electron chi connectivity index (χ3n) is 3.37. The molecule has 0 aliphatic carbocycles. The molecular formula is C16H11N3. The van der Waals surface area contributed by atoms with Crippen LogP contribution >= 0.6 is 0 Å². The molecule has 0 fully saturated rings. The summed E-state index contributed by atoms with van der Waals surface area (Å²) in [6, 6.07) is 16.6. The van der Waals surface area contributed by atoms with Crippen LogP contribution in [0.1, 0.15) is 0 Å². The topological polar surface area (TPSA) is 41.6 Å². The molecule has 0 radical (unpaired) electrons. The Bertz CT molecular complexity index is 839. The zero-order valence-electron chi connectivity index (χ0n) is 10.2. The molecule has 3 nitrogen and oxygen atoms in total. The highest BCUT2D eigenvalue weighted by Gasteiger charge is 2.07. The largest absolute Gasteiger partial charge is 0.355 e. The first kappa shape index (κ1) is 10.3. The Morgan fingerprint density at radius 1 is 0.947 bits per heavy atom. The molecule has 0 bridgehead atoms. The molecule has 1 N–H and O–H groups in total. The molecule has 0 atom stereocenters. The van der Waals surface area contributed by atoms with Gasteiger partial charge in [0, 0.05) is 33.7 Å². The molecule has 4 aromatic rings. The van der Waals surface area contributed by atoms with E-state index in [4.69, 9.17) is 0 Å². The molecule has 2 aromatic carbocycles. The maximum Gasteiger partial charge on any atom is 0.116 e. The van der Waals surface area contributed by atoms with Gasteiger partial charge in [0.25, 0.3) is 0 Å². The van der Waals surface area contributed by atoms with Crippen LogP contribution in [0.25, 0.3) is 33.1 Å². The Morgan fingerprint density at radius 3 is 2.84 bits per heavy atom. The van der Waals surface area contributed by atoms with Gasteiger partial charge in [-0.05, 0) is 18.2 Å². The molecule has 0 amide bonds. The van der Waals surface area contributed by atoms with Gasteiger partial charge >= 0.3 is 0 Å². The van der Waals surface area contributed by atoms with E-state index in [9.17, 15) is 0 Å². The Hall–Kier alpha value is -2.68. The van der Waals surface area contributed by atoms with Gasteiger partial charge in [0.1, 0.15) is 6.33 Å². The molecule has 3 heteroatoms. The zero-order valence-corrected chi connectivity index (χ0v) is 10.2. The van der Waals surface area contributed by atoms with Crippen molar-refractivity contribution in [2.45, 2.75) is 0 Å². The van der Waals surface area contributed by atoms with Crippen molar-refractivity contribution in [2.24, 2.45) is 0 Å². The van der Waals surface area contributed by atoms with Crippen molar-refractivity contribution in [3.8, 4) is 11.3 Å². The number of aromatic amines is 1. The molecule has 0 spiro atoms. The minimum absolute atomic E-state index is 0.964.